The smallest absolute Gasteiger partial charge is 0.307 e. The lowest BCUT2D eigenvalue weighted by atomic mass is 9.44. The predicted octanol–water partition coefficient (Wildman–Crippen LogP) is 4.04. The molecule has 0 radical (unpaired) electrons. The normalized spacial score (nSPS) is 50.5. The molecular weight excluding hydrogens is 530 g/mol. The average molecular weight is 569 g/mol. The number of ether oxygens (including phenoxy) is 3. The Morgan fingerprint density at radius 1 is 1.18 bits per heavy atom. The third kappa shape index (κ3) is 3.66. The second-order valence-corrected chi connectivity index (χ2v) is 14.1. The maximum atomic E-state index is 17.5. The maximum absolute atomic E-state index is 17.5. The molecule has 0 aromatic carbocycles. The zero-order chi connectivity index (χ0) is 28.0. The Balaban J connectivity index is 1.35. The number of alkyl halides is 2. The van der Waals surface area contributed by atoms with Crippen LogP contribution in [0.25, 0.3) is 0 Å². The van der Waals surface area contributed by atoms with Crippen LogP contribution in [0.2, 0.25) is 0 Å². The molecule has 4 aliphatic carbocycles. The third-order valence-corrected chi connectivity index (χ3v) is 12.4. The van der Waals surface area contributed by atoms with E-state index >= 15 is 8.78 Å². The lowest BCUT2D eigenvalue weighted by Gasteiger charge is -2.63. The van der Waals surface area contributed by atoms with Crippen LogP contribution in [0, 0.1) is 22.7 Å². The minimum absolute atomic E-state index is 0.0259. The van der Waals surface area contributed by atoms with Crippen LogP contribution in [-0.4, -0.2) is 76.2 Å². The van der Waals surface area contributed by atoms with Crippen molar-refractivity contribution >= 4 is 29.3 Å². The fourth-order valence-corrected chi connectivity index (χ4v) is 10.1. The van der Waals surface area contributed by atoms with E-state index in [0.29, 0.717) is 19.3 Å². The van der Waals surface area contributed by atoms with Gasteiger partial charge in [-0.15, -0.1) is 11.8 Å². The van der Waals surface area contributed by atoms with Crippen molar-refractivity contribution in [2.24, 2.45) is 22.7 Å². The fourth-order valence-electron chi connectivity index (χ4n) is 9.08. The number of rotatable bonds is 6. The van der Waals surface area contributed by atoms with Gasteiger partial charge in [0.15, 0.2) is 23.5 Å². The first-order chi connectivity index (χ1) is 18.4. The molecule has 1 N–H and O–H groups in total. The van der Waals surface area contributed by atoms with Crippen molar-refractivity contribution in [1.82, 2.24) is 0 Å². The van der Waals surface area contributed by atoms with E-state index in [0.717, 1.165) is 6.42 Å². The number of thioether (sulfide) groups is 1. The van der Waals surface area contributed by atoms with Gasteiger partial charge in [-0.3, -0.25) is 14.4 Å². The Morgan fingerprint density at radius 2 is 1.95 bits per heavy atom. The topological polar surface area (TPSA) is 99.1 Å². The summed E-state index contributed by atoms with van der Waals surface area (Å²) in [4.78, 5) is 37.9. The van der Waals surface area contributed by atoms with Crippen LogP contribution in [0.5, 0.6) is 0 Å². The van der Waals surface area contributed by atoms with Gasteiger partial charge in [0.25, 0.3) is 0 Å². The summed E-state index contributed by atoms with van der Waals surface area (Å²) >= 11 is 1.38. The van der Waals surface area contributed by atoms with Gasteiger partial charge >= 0.3 is 5.97 Å². The maximum Gasteiger partial charge on any atom is 0.307 e. The highest BCUT2D eigenvalue weighted by atomic mass is 32.2. The Labute approximate surface area is 231 Å². The van der Waals surface area contributed by atoms with Crippen molar-refractivity contribution in [3.8, 4) is 0 Å². The van der Waals surface area contributed by atoms with Gasteiger partial charge in [0, 0.05) is 23.0 Å². The first kappa shape index (κ1) is 27.8. The molecule has 3 saturated carbocycles. The van der Waals surface area contributed by atoms with Crippen LogP contribution in [0.15, 0.2) is 11.6 Å². The number of aliphatic hydroxyl groups is 1. The highest BCUT2D eigenvalue weighted by Crippen LogP contribution is 2.72. The molecule has 0 spiro atoms. The molecule has 2 aliphatic heterocycles. The van der Waals surface area contributed by atoms with E-state index < -0.39 is 58.6 Å². The van der Waals surface area contributed by atoms with Gasteiger partial charge in [0.2, 0.25) is 0 Å². The molecule has 2 heterocycles. The summed E-state index contributed by atoms with van der Waals surface area (Å²) in [5.41, 5.74) is -5.48. The van der Waals surface area contributed by atoms with Gasteiger partial charge in [0.1, 0.15) is 18.4 Å². The van der Waals surface area contributed by atoms with Crippen molar-refractivity contribution in [2.45, 2.75) is 113 Å². The monoisotopic (exact) mass is 568 g/mol. The predicted molar refractivity (Wildman–Crippen MR) is 138 cm³/mol. The van der Waals surface area contributed by atoms with Crippen LogP contribution >= 0.6 is 11.8 Å². The number of cyclic esters (lactones) is 1. The summed E-state index contributed by atoms with van der Waals surface area (Å²) in [5, 5.41) is 10.9. The molecule has 216 valence electrons. The van der Waals surface area contributed by atoms with E-state index in [2.05, 4.69) is 0 Å². The number of fused-ring (bicyclic) bond motifs is 7. The first-order valence-corrected chi connectivity index (χ1v) is 15.3. The SMILES string of the molecule is CCCC1O[C@@H]2C[C@H]3[C@@H]4C[C@H](F)C5=CC(=O)C[C@@H](O)[C@]5(C)[C@@]4(F)CC[C@]3(C)[C@]2(C(=O)CS[C@H]2COC(=O)C2)O1. The second-order valence-electron chi connectivity index (χ2n) is 12.9. The van der Waals surface area contributed by atoms with E-state index in [1.165, 1.54) is 17.8 Å². The lowest BCUT2D eigenvalue weighted by Crippen LogP contribution is -2.68. The highest BCUT2D eigenvalue weighted by molar-refractivity contribution is 8.00. The van der Waals surface area contributed by atoms with Gasteiger partial charge in [0.05, 0.1) is 29.8 Å². The molecule has 6 rings (SSSR count). The summed E-state index contributed by atoms with van der Waals surface area (Å²) in [5.74, 6) is -1.84. The molecular formula is C29H38F2O7S. The Bertz CT molecular complexity index is 1120. The van der Waals surface area contributed by atoms with Crippen molar-refractivity contribution in [3.63, 3.8) is 0 Å². The Morgan fingerprint density at radius 3 is 2.64 bits per heavy atom. The fraction of sp³-hybridized carbons (Fsp3) is 0.828. The summed E-state index contributed by atoms with van der Waals surface area (Å²) in [6.07, 6.45) is -0.719. The molecule has 10 heteroatoms. The molecule has 6 aliphatic rings. The number of carbonyl (C=O) groups excluding carboxylic acids is 3. The van der Waals surface area contributed by atoms with Crippen molar-refractivity contribution in [3.05, 3.63) is 11.6 Å². The third-order valence-electron chi connectivity index (χ3n) is 11.2. The number of Topliss-reactive ketones (excluding diaryl/α,β-unsaturated/α-hetero) is 1. The number of carbonyl (C=O) groups is 3. The number of esters is 1. The average Bonchev–Trinajstić information content (AvgIpc) is 3.53. The number of hydrogen-bond donors (Lipinski definition) is 1. The van der Waals surface area contributed by atoms with Crippen molar-refractivity contribution < 1.29 is 42.5 Å². The Kier molecular flexibility index (Phi) is 6.65. The van der Waals surface area contributed by atoms with E-state index in [4.69, 9.17) is 14.2 Å². The zero-order valence-corrected chi connectivity index (χ0v) is 23.6. The largest absolute Gasteiger partial charge is 0.464 e. The van der Waals surface area contributed by atoms with Crippen LogP contribution in [0.3, 0.4) is 0 Å². The van der Waals surface area contributed by atoms with Crippen LogP contribution < -0.4 is 0 Å². The minimum Gasteiger partial charge on any atom is -0.464 e. The summed E-state index contributed by atoms with van der Waals surface area (Å²) < 4.78 is 51.3. The van der Waals surface area contributed by atoms with Crippen molar-refractivity contribution in [1.29, 1.82) is 0 Å². The first-order valence-electron chi connectivity index (χ1n) is 14.3. The van der Waals surface area contributed by atoms with Gasteiger partial charge in [-0.05, 0) is 49.7 Å². The van der Waals surface area contributed by atoms with Gasteiger partial charge < -0.3 is 19.3 Å². The molecule has 1 unspecified atom stereocenters. The standard InChI is InChI=1S/C29H38F2O7S/c1-4-5-25-37-23-12-17-18-11-20(30)19-8-15(32)9-21(33)27(19,3)28(18,31)7-6-26(17,2)29(23,38-25)22(34)14-39-16-10-24(35)36-13-16/h8,16-18,20-21,23,25,33H,4-7,9-14H2,1-3H3/t16-,17+,18+,20+,21-,23-,25?,26+,27-,28-,29-/m1/s1. The molecule has 2 saturated heterocycles. The van der Waals surface area contributed by atoms with Crippen molar-refractivity contribution in [2.75, 3.05) is 12.4 Å². The number of hydrogen-bond acceptors (Lipinski definition) is 8. The zero-order valence-electron chi connectivity index (χ0n) is 22.8. The van der Waals surface area contributed by atoms with E-state index in [9.17, 15) is 19.5 Å². The van der Waals surface area contributed by atoms with E-state index in [1.54, 1.807) is 6.92 Å². The van der Waals surface area contributed by atoms with Crippen LogP contribution in [0.1, 0.15) is 72.1 Å². The molecule has 11 atom stereocenters. The molecule has 39 heavy (non-hydrogen) atoms. The quantitative estimate of drug-likeness (QED) is 0.480. The number of ketones is 2. The molecule has 0 aromatic heterocycles. The summed E-state index contributed by atoms with van der Waals surface area (Å²) in [6, 6.07) is 0. The molecule has 5 fully saturated rings. The molecule has 7 nitrogen and oxygen atoms in total. The van der Waals surface area contributed by atoms with Gasteiger partial charge in [-0.2, -0.15) is 0 Å². The van der Waals surface area contributed by atoms with Gasteiger partial charge in [-0.25, -0.2) is 8.78 Å². The van der Waals surface area contributed by atoms with Crippen LogP contribution in [-0.2, 0) is 28.6 Å². The number of aliphatic hydroxyl groups excluding tert-OH is 1. The highest BCUT2D eigenvalue weighted by Gasteiger charge is 2.78. The minimum atomic E-state index is -1.94. The Hall–Kier alpha value is -1.36. The molecule has 0 bridgehead atoms. The molecule has 0 amide bonds. The van der Waals surface area contributed by atoms with Gasteiger partial charge in [-0.1, -0.05) is 27.2 Å². The van der Waals surface area contributed by atoms with E-state index in [-0.39, 0.29) is 66.4 Å². The van der Waals surface area contributed by atoms with Crippen LogP contribution in [0.4, 0.5) is 8.78 Å². The summed E-state index contributed by atoms with van der Waals surface area (Å²) in [6.45, 7) is 5.83. The summed E-state index contributed by atoms with van der Waals surface area (Å²) in [7, 11) is 0. The second kappa shape index (κ2) is 9.33. The molecule has 0 aromatic rings. The lowest BCUT2D eigenvalue weighted by molar-refractivity contribution is -0.217. The number of halogens is 2. The van der Waals surface area contributed by atoms with E-state index in [1.807, 2.05) is 13.8 Å².